The van der Waals surface area contributed by atoms with Crippen LogP contribution in [-0.2, 0) is 6.54 Å². The second kappa shape index (κ2) is 13.5. The van der Waals surface area contributed by atoms with Gasteiger partial charge in [0, 0.05) is 51.9 Å². The van der Waals surface area contributed by atoms with Gasteiger partial charge < -0.3 is 20.4 Å². The normalized spacial score (nSPS) is 24.3. The summed E-state index contributed by atoms with van der Waals surface area (Å²) in [6.07, 6.45) is 3.60. The molecule has 30 heavy (non-hydrogen) atoms. The largest absolute Gasteiger partial charge is 0.356 e. The number of hydrogen-bond acceptors (Lipinski definition) is 4. The van der Waals surface area contributed by atoms with E-state index in [1.54, 1.807) is 0 Å². The van der Waals surface area contributed by atoms with E-state index in [4.69, 9.17) is 0 Å². The lowest BCUT2D eigenvalue weighted by Crippen LogP contribution is -2.45. The number of hydrogen-bond donors (Lipinski definition) is 2. The van der Waals surface area contributed by atoms with Crippen LogP contribution in [-0.4, -0.2) is 92.7 Å². The van der Waals surface area contributed by atoms with Gasteiger partial charge in [-0.1, -0.05) is 30.3 Å². The van der Waals surface area contributed by atoms with Crippen molar-refractivity contribution >= 4 is 29.9 Å². The monoisotopic (exact) mass is 528 g/mol. The molecular formula is C23H41IN6. The van der Waals surface area contributed by atoms with Crippen LogP contribution < -0.4 is 10.6 Å². The van der Waals surface area contributed by atoms with Crippen LogP contribution in [0.4, 0.5) is 0 Å². The van der Waals surface area contributed by atoms with Crippen LogP contribution in [0.1, 0.15) is 31.7 Å². The van der Waals surface area contributed by atoms with Gasteiger partial charge in [0.1, 0.15) is 0 Å². The first-order valence-corrected chi connectivity index (χ1v) is 11.3. The zero-order chi connectivity index (χ0) is 20.5. The molecule has 0 amide bonds. The molecular weight excluding hydrogens is 487 g/mol. The van der Waals surface area contributed by atoms with E-state index in [0.717, 1.165) is 38.4 Å². The molecule has 0 saturated carbocycles. The van der Waals surface area contributed by atoms with Gasteiger partial charge in [0.05, 0.1) is 0 Å². The first kappa shape index (κ1) is 25.4. The van der Waals surface area contributed by atoms with Crippen molar-refractivity contribution in [2.45, 2.75) is 44.8 Å². The maximum atomic E-state index is 4.45. The minimum absolute atomic E-state index is 0. The molecule has 0 bridgehead atoms. The number of guanidine groups is 1. The molecule has 2 atom stereocenters. The fraction of sp³-hybridized carbons (Fsp3) is 0.696. The van der Waals surface area contributed by atoms with E-state index in [9.17, 15) is 0 Å². The van der Waals surface area contributed by atoms with E-state index in [0.29, 0.717) is 12.1 Å². The summed E-state index contributed by atoms with van der Waals surface area (Å²) >= 11 is 0. The van der Waals surface area contributed by atoms with Crippen LogP contribution in [0.25, 0.3) is 0 Å². The predicted octanol–water partition coefficient (Wildman–Crippen LogP) is 2.46. The van der Waals surface area contributed by atoms with Crippen molar-refractivity contribution in [2.75, 3.05) is 59.9 Å². The molecule has 0 aliphatic carbocycles. The summed E-state index contributed by atoms with van der Waals surface area (Å²) in [5, 5.41) is 7.17. The Kier molecular flexibility index (Phi) is 11.4. The van der Waals surface area contributed by atoms with Gasteiger partial charge in [0.25, 0.3) is 0 Å². The highest BCUT2D eigenvalue weighted by molar-refractivity contribution is 14.0. The summed E-state index contributed by atoms with van der Waals surface area (Å²) in [4.78, 5) is 12.1. The van der Waals surface area contributed by atoms with Crippen LogP contribution in [0.15, 0.2) is 35.3 Å². The van der Waals surface area contributed by atoms with Crippen molar-refractivity contribution in [3.05, 3.63) is 35.9 Å². The quantitative estimate of drug-likeness (QED) is 0.247. The first-order chi connectivity index (χ1) is 14.1. The maximum absolute atomic E-state index is 4.45. The van der Waals surface area contributed by atoms with Gasteiger partial charge in [-0.25, -0.2) is 0 Å². The average molecular weight is 529 g/mol. The van der Waals surface area contributed by atoms with Crippen LogP contribution in [0.3, 0.4) is 0 Å². The molecule has 2 heterocycles. The van der Waals surface area contributed by atoms with Crippen molar-refractivity contribution in [3.63, 3.8) is 0 Å². The Labute approximate surface area is 200 Å². The third-order valence-electron chi connectivity index (χ3n) is 6.25. The summed E-state index contributed by atoms with van der Waals surface area (Å²) in [5.74, 6) is 0.944. The summed E-state index contributed by atoms with van der Waals surface area (Å²) in [5.41, 5.74) is 1.39. The van der Waals surface area contributed by atoms with E-state index in [2.05, 4.69) is 74.6 Å². The molecule has 1 aromatic carbocycles. The molecule has 7 heteroatoms. The minimum Gasteiger partial charge on any atom is -0.356 e. The number of aliphatic imine (C=N–C) groups is 1. The van der Waals surface area contributed by atoms with Gasteiger partial charge in [-0.2, -0.15) is 0 Å². The van der Waals surface area contributed by atoms with Crippen molar-refractivity contribution in [2.24, 2.45) is 4.99 Å². The molecule has 2 aliphatic heterocycles. The summed E-state index contributed by atoms with van der Waals surface area (Å²) in [6.45, 7) is 11.4. The van der Waals surface area contributed by atoms with E-state index < -0.39 is 0 Å². The molecule has 2 fully saturated rings. The van der Waals surface area contributed by atoms with E-state index in [1.807, 2.05) is 7.05 Å². The van der Waals surface area contributed by atoms with Crippen LogP contribution in [0.2, 0.25) is 0 Å². The van der Waals surface area contributed by atoms with Crippen LogP contribution in [0.5, 0.6) is 0 Å². The van der Waals surface area contributed by atoms with E-state index in [-0.39, 0.29) is 24.0 Å². The summed E-state index contributed by atoms with van der Waals surface area (Å²) in [7, 11) is 4.10. The first-order valence-electron chi connectivity index (χ1n) is 11.3. The molecule has 2 aliphatic rings. The van der Waals surface area contributed by atoms with Crippen molar-refractivity contribution in [1.82, 2.24) is 25.3 Å². The summed E-state index contributed by atoms with van der Waals surface area (Å²) < 4.78 is 0. The minimum atomic E-state index is 0. The maximum Gasteiger partial charge on any atom is 0.191 e. The lowest BCUT2D eigenvalue weighted by molar-refractivity contribution is 0.258. The molecule has 2 unspecified atom stereocenters. The number of benzene rings is 1. The van der Waals surface area contributed by atoms with Gasteiger partial charge in [-0.15, -0.1) is 24.0 Å². The fourth-order valence-electron chi connectivity index (χ4n) is 4.46. The van der Waals surface area contributed by atoms with Crippen molar-refractivity contribution in [1.29, 1.82) is 0 Å². The molecule has 0 radical (unpaired) electrons. The molecule has 0 spiro atoms. The smallest absolute Gasteiger partial charge is 0.191 e. The standard InChI is InChI=1S/C23H40N6.HI/c1-20-17-22(19-29(20)18-21-9-5-4-6-10-21)26-23(24-2)25-11-7-13-28-14-8-12-27(3)15-16-28;/h4-6,9-10,20,22H,7-8,11-19H2,1-3H3,(H2,24,25,26);1H. The Morgan fingerprint density at radius 3 is 2.70 bits per heavy atom. The fourth-order valence-corrected chi connectivity index (χ4v) is 4.46. The van der Waals surface area contributed by atoms with Crippen molar-refractivity contribution < 1.29 is 0 Å². The third kappa shape index (κ3) is 8.32. The predicted molar refractivity (Wildman–Crippen MR) is 138 cm³/mol. The molecule has 3 rings (SSSR count). The molecule has 2 N–H and O–H groups in total. The van der Waals surface area contributed by atoms with Gasteiger partial charge in [0.15, 0.2) is 5.96 Å². The highest BCUT2D eigenvalue weighted by Gasteiger charge is 2.29. The van der Waals surface area contributed by atoms with Crippen LogP contribution >= 0.6 is 24.0 Å². The number of likely N-dealkylation sites (tertiary alicyclic amines) is 1. The number of rotatable bonds is 7. The highest BCUT2D eigenvalue weighted by Crippen LogP contribution is 2.20. The Balaban J connectivity index is 0.00000320. The van der Waals surface area contributed by atoms with Crippen molar-refractivity contribution in [3.8, 4) is 0 Å². The van der Waals surface area contributed by atoms with Gasteiger partial charge >= 0.3 is 0 Å². The Morgan fingerprint density at radius 2 is 1.93 bits per heavy atom. The topological polar surface area (TPSA) is 46.1 Å². The number of nitrogens with one attached hydrogen (secondary N) is 2. The lowest BCUT2D eigenvalue weighted by atomic mass is 10.2. The highest BCUT2D eigenvalue weighted by atomic mass is 127. The molecule has 1 aromatic rings. The van der Waals surface area contributed by atoms with Gasteiger partial charge in [-0.3, -0.25) is 9.89 Å². The Hall–Kier alpha value is -0.900. The SMILES string of the molecule is CN=C(NCCCN1CCCN(C)CC1)NC1CC(C)N(Cc2ccccc2)C1.I. The molecule has 170 valence electrons. The third-order valence-corrected chi connectivity index (χ3v) is 6.25. The lowest BCUT2D eigenvalue weighted by Gasteiger charge is -2.22. The Morgan fingerprint density at radius 1 is 1.13 bits per heavy atom. The van der Waals surface area contributed by atoms with E-state index >= 15 is 0 Å². The second-order valence-electron chi connectivity index (χ2n) is 8.69. The van der Waals surface area contributed by atoms with E-state index in [1.165, 1.54) is 44.7 Å². The number of halogens is 1. The zero-order valence-electron chi connectivity index (χ0n) is 19.0. The second-order valence-corrected chi connectivity index (χ2v) is 8.69. The van der Waals surface area contributed by atoms with Gasteiger partial charge in [0.2, 0.25) is 0 Å². The van der Waals surface area contributed by atoms with Gasteiger partial charge in [-0.05, 0) is 58.4 Å². The molecule has 6 nitrogen and oxygen atoms in total. The average Bonchev–Trinajstić information content (AvgIpc) is 2.93. The number of nitrogens with zero attached hydrogens (tertiary/aromatic N) is 4. The Bertz CT molecular complexity index is 625. The van der Waals surface area contributed by atoms with Crippen LogP contribution in [0, 0.1) is 0 Å². The molecule has 2 saturated heterocycles. The zero-order valence-corrected chi connectivity index (χ0v) is 21.3. The summed E-state index contributed by atoms with van der Waals surface area (Å²) in [6, 6.07) is 11.8. The number of likely N-dealkylation sites (N-methyl/N-ethyl adjacent to an activating group) is 1. The molecule has 0 aromatic heterocycles.